The van der Waals surface area contributed by atoms with E-state index in [1.165, 1.54) is 0 Å². The van der Waals surface area contributed by atoms with Crippen LogP contribution in [-0.4, -0.2) is 12.4 Å². The van der Waals surface area contributed by atoms with E-state index in [0.717, 1.165) is 18.6 Å². The molecule has 1 atom stereocenters. The van der Waals surface area contributed by atoms with Crippen LogP contribution < -0.4 is 0 Å². The first kappa shape index (κ1) is 11.9. The van der Waals surface area contributed by atoms with Crippen LogP contribution in [0.5, 0.6) is 0 Å². The quantitative estimate of drug-likeness (QED) is 0.661. The van der Waals surface area contributed by atoms with E-state index in [4.69, 9.17) is 9.47 Å². The second kappa shape index (κ2) is 5.63. The van der Waals surface area contributed by atoms with Crippen LogP contribution in [0.3, 0.4) is 0 Å². The van der Waals surface area contributed by atoms with Crippen molar-refractivity contribution in [3.05, 3.63) is 24.0 Å². The molecule has 1 aliphatic rings. The third kappa shape index (κ3) is 3.81. The zero-order valence-corrected chi connectivity index (χ0v) is 9.67. The van der Waals surface area contributed by atoms with Gasteiger partial charge in [0, 0.05) is 26.0 Å². The zero-order valence-electron chi connectivity index (χ0n) is 9.67. The fraction of sp³-hybridized carbons (Fsp3) is 0.538. The van der Waals surface area contributed by atoms with Crippen molar-refractivity contribution in [2.45, 2.75) is 39.4 Å². The van der Waals surface area contributed by atoms with E-state index < -0.39 is 5.79 Å². The Bertz CT molecular complexity index is 317. The summed E-state index contributed by atoms with van der Waals surface area (Å²) < 4.78 is 11.0. The first-order valence-electron chi connectivity index (χ1n) is 5.41. The Morgan fingerprint density at radius 3 is 3.00 bits per heavy atom. The molecule has 82 valence electrons. The van der Waals surface area contributed by atoms with Gasteiger partial charge in [-0.15, -0.1) is 0 Å². The maximum atomic E-state index is 5.59. The van der Waals surface area contributed by atoms with Crippen molar-refractivity contribution in [2.75, 3.05) is 6.61 Å². The molecule has 0 bridgehead atoms. The molecule has 1 rings (SSSR count). The first-order valence-corrected chi connectivity index (χ1v) is 5.41. The Hall–Kier alpha value is -1.20. The van der Waals surface area contributed by atoms with E-state index in [2.05, 4.69) is 18.8 Å². The van der Waals surface area contributed by atoms with Crippen molar-refractivity contribution in [2.24, 2.45) is 0 Å². The van der Waals surface area contributed by atoms with Crippen molar-refractivity contribution >= 4 is 0 Å². The largest absolute Gasteiger partial charge is 0.458 e. The van der Waals surface area contributed by atoms with Gasteiger partial charge in [-0.25, -0.2) is 0 Å². The Labute approximate surface area is 92.0 Å². The fourth-order valence-electron chi connectivity index (χ4n) is 1.30. The SMILES string of the molecule is CCCC#C/C=C1/C=CC(C)(OCC)O1. The average molecular weight is 206 g/mol. The van der Waals surface area contributed by atoms with Crippen LogP contribution >= 0.6 is 0 Å². The molecule has 1 aliphatic heterocycles. The Morgan fingerprint density at radius 2 is 2.33 bits per heavy atom. The molecule has 0 aliphatic carbocycles. The van der Waals surface area contributed by atoms with Gasteiger partial charge in [-0.05, 0) is 25.5 Å². The van der Waals surface area contributed by atoms with Gasteiger partial charge in [0.25, 0.3) is 0 Å². The lowest BCUT2D eigenvalue weighted by Crippen LogP contribution is -2.25. The molecule has 2 heteroatoms. The molecule has 1 heterocycles. The minimum Gasteiger partial charge on any atom is -0.458 e. The topological polar surface area (TPSA) is 18.5 Å². The second-order valence-electron chi connectivity index (χ2n) is 3.50. The van der Waals surface area contributed by atoms with Crippen LogP contribution in [0.1, 0.15) is 33.6 Å². The zero-order chi connectivity index (χ0) is 11.1. The predicted octanol–water partition coefficient (Wildman–Crippen LogP) is 3.01. The van der Waals surface area contributed by atoms with Gasteiger partial charge in [0.1, 0.15) is 5.76 Å². The van der Waals surface area contributed by atoms with Crippen molar-refractivity contribution in [3.8, 4) is 11.8 Å². The summed E-state index contributed by atoms with van der Waals surface area (Å²) in [4.78, 5) is 0. The van der Waals surface area contributed by atoms with Crippen LogP contribution in [0.2, 0.25) is 0 Å². The highest BCUT2D eigenvalue weighted by Gasteiger charge is 2.28. The highest BCUT2D eigenvalue weighted by Crippen LogP contribution is 2.26. The first-order chi connectivity index (χ1) is 7.20. The van der Waals surface area contributed by atoms with Gasteiger partial charge in [0.15, 0.2) is 0 Å². The van der Waals surface area contributed by atoms with E-state index in [1.807, 2.05) is 26.0 Å². The van der Waals surface area contributed by atoms with E-state index in [-0.39, 0.29) is 0 Å². The van der Waals surface area contributed by atoms with E-state index >= 15 is 0 Å². The molecule has 15 heavy (non-hydrogen) atoms. The maximum Gasteiger partial charge on any atom is 0.227 e. The predicted molar refractivity (Wildman–Crippen MR) is 61.0 cm³/mol. The number of ether oxygens (including phenoxy) is 2. The van der Waals surface area contributed by atoms with Gasteiger partial charge < -0.3 is 9.47 Å². The third-order valence-electron chi connectivity index (χ3n) is 1.99. The summed E-state index contributed by atoms with van der Waals surface area (Å²) in [5.74, 6) is 6.17. The highest BCUT2D eigenvalue weighted by molar-refractivity contribution is 5.29. The minimum atomic E-state index is -0.604. The van der Waals surface area contributed by atoms with E-state index in [1.54, 1.807) is 6.08 Å². The van der Waals surface area contributed by atoms with Crippen molar-refractivity contribution in [1.82, 2.24) is 0 Å². The van der Waals surface area contributed by atoms with Crippen LogP contribution in [0.25, 0.3) is 0 Å². The molecule has 0 radical (unpaired) electrons. The number of rotatable bonds is 3. The summed E-state index contributed by atoms with van der Waals surface area (Å²) in [6.45, 7) is 6.59. The van der Waals surface area contributed by atoms with E-state index in [9.17, 15) is 0 Å². The molecule has 0 spiro atoms. The number of allylic oxidation sites excluding steroid dienone is 2. The molecule has 0 saturated carbocycles. The van der Waals surface area contributed by atoms with Crippen LogP contribution in [0, 0.1) is 11.8 Å². The van der Waals surface area contributed by atoms with Gasteiger partial charge in [-0.3, -0.25) is 0 Å². The standard InChI is InChI=1S/C13H18O2/c1-4-6-7-8-9-12-10-11-13(3,15-12)14-5-2/h9-11H,4-6H2,1-3H3/b12-9-. The molecule has 0 fully saturated rings. The molecule has 2 nitrogen and oxygen atoms in total. The lowest BCUT2D eigenvalue weighted by Gasteiger charge is -2.22. The monoisotopic (exact) mass is 206 g/mol. The summed E-state index contributed by atoms with van der Waals surface area (Å²) in [5.41, 5.74) is 0. The number of hydrogen-bond donors (Lipinski definition) is 0. The third-order valence-corrected chi connectivity index (χ3v) is 1.99. The average Bonchev–Trinajstić information content (AvgIpc) is 2.56. The lowest BCUT2D eigenvalue weighted by atomic mass is 10.3. The fourth-order valence-corrected chi connectivity index (χ4v) is 1.30. The van der Waals surface area contributed by atoms with Gasteiger partial charge in [0.2, 0.25) is 5.79 Å². The van der Waals surface area contributed by atoms with Gasteiger partial charge in [0.05, 0.1) is 0 Å². The summed E-state index contributed by atoms with van der Waals surface area (Å²) in [7, 11) is 0. The Morgan fingerprint density at radius 1 is 1.53 bits per heavy atom. The molecule has 0 aromatic heterocycles. The van der Waals surface area contributed by atoms with Crippen molar-refractivity contribution < 1.29 is 9.47 Å². The van der Waals surface area contributed by atoms with Gasteiger partial charge in [-0.1, -0.05) is 18.8 Å². The molecule has 1 unspecified atom stereocenters. The number of unbranched alkanes of at least 4 members (excludes halogenated alkanes) is 1. The summed E-state index contributed by atoms with van der Waals surface area (Å²) in [6, 6.07) is 0. The van der Waals surface area contributed by atoms with Crippen LogP contribution in [0.4, 0.5) is 0 Å². The molecule has 0 amide bonds. The molecule has 0 aromatic carbocycles. The summed E-state index contributed by atoms with van der Waals surface area (Å²) in [6.07, 6.45) is 7.61. The molecule has 0 saturated heterocycles. The maximum absolute atomic E-state index is 5.59. The summed E-state index contributed by atoms with van der Waals surface area (Å²) >= 11 is 0. The Balaban J connectivity index is 2.51. The van der Waals surface area contributed by atoms with Gasteiger partial charge >= 0.3 is 0 Å². The summed E-state index contributed by atoms with van der Waals surface area (Å²) in [5, 5.41) is 0. The van der Waals surface area contributed by atoms with Crippen molar-refractivity contribution in [3.63, 3.8) is 0 Å². The van der Waals surface area contributed by atoms with E-state index in [0.29, 0.717) is 6.61 Å². The smallest absolute Gasteiger partial charge is 0.227 e. The molecule has 0 N–H and O–H groups in total. The van der Waals surface area contributed by atoms with Gasteiger partial charge in [-0.2, -0.15) is 0 Å². The normalized spacial score (nSPS) is 26.2. The van der Waals surface area contributed by atoms with Crippen LogP contribution in [-0.2, 0) is 9.47 Å². The van der Waals surface area contributed by atoms with Crippen molar-refractivity contribution in [1.29, 1.82) is 0 Å². The minimum absolute atomic E-state index is 0.604. The lowest BCUT2D eigenvalue weighted by molar-refractivity contribution is -0.153. The molecular weight excluding hydrogens is 188 g/mol. The molecule has 0 aromatic rings. The Kier molecular flexibility index (Phi) is 4.45. The second-order valence-corrected chi connectivity index (χ2v) is 3.50. The number of hydrogen-bond acceptors (Lipinski definition) is 2. The van der Waals surface area contributed by atoms with Crippen LogP contribution in [0.15, 0.2) is 24.0 Å². The molecular formula is C13H18O2. The highest BCUT2D eigenvalue weighted by atomic mass is 16.7.